The van der Waals surface area contributed by atoms with E-state index in [-0.39, 0.29) is 23.8 Å². The molecule has 2 amide bonds. The zero-order valence-electron chi connectivity index (χ0n) is 18.2. The fourth-order valence-electron chi connectivity index (χ4n) is 4.11. The summed E-state index contributed by atoms with van der Waals surface area (Å²) in [6, 6.07) is 5.31. The molecule has 3 aromatic rings. The first-order chi connectivity index (χ1) is 15.0. The van der Waals surface area contributed by atoms with E-state index < -0.39 is 0 Å². The molecule has 0 bridgehead atoms. The van der Waals surface area contributed by atoms with Gasteiger partial charge in [-0.15, -0.1) is 0 Å². The van der Waals surface area contributed by atoms with Gasteiger partial charge in [0.2, 0.25) is 5.91 Å². The Balaban J connectivity index is 1.64. The van der Waals surface area contributed by atoms with Crippen LogP contribution < -0.4 is 5.32 Å². The monoisotopic (exact) mass is 424 g/mol. The van der Waals surface area contributed by atoms with Crippen molar-refractivity contribution in [3.05, 3.63) is 35.7 Å². The van der Waals surface area contributed by atoms with Gasteiger partial charge in [-0.1, -0.05) is 18.5 Å². The number of hydrogen-bond donors (Lipinski definition) is 1. The molecule has 1 aliphatic heterocycles. The minimum absolute atomic E-state index is 0.0236. The predicted molar refractivity (Wildman–Crippen MR) is 115 cm³/mol. The molecule has 0 aromatic carbocycles. The Bertz CT molecular complexity index is 1070. The number of nitrogens with zero attached hydrogens (tertiary/aromatic N) is 3. The quantitative estimate of drug-likeness (QED) is 0.601. The van der Waals surface area contributed by atoms with Crippen LogP contribution >= 0.6 is 0 Å². The lowest BCUT2D eigenvalue weighted by Gasteiger charge is -2.37. The molecule has 164 valence electrons. The molecule has 8 heteroatoms. The number of nitrogens with one attached hydrogen (secondary N) is 1. The van der Waals surface area contributed by atoms with Crippen molar-refractivity contribution in [2.75, 3.05) is 13.1 Å². The second-order valence-corrected chi connectivity index (χ2v) is 8.21. The van der Waals surface area contributed by atoms with Crippen LogP contribution in [0.1, 0.15) is 55.6 Å². The van der Waals surface area contributed by atoms with E-state index >= 15 is 0 Å². The van der Waals surface area contributed by atoms with E-state index in [1.165, 1.54) is 0 Å². The lowest BCUT2D eigenvalue weighted by molar-refractivity contribution is -0.126. The van der Waals surface area contributed by atoms with Crippen molar-refractivity contribution >= 4 is 22.9 Å². The molecule has 1 aliphatic rings. The van der Waals surface area contributed by atoms with Crippen molar-refractivity contribution in [1.29, 1.82) is 0 Å². The molecule has 0 saturated carbocycles. The summed E-state index contributed by atoms with van der Waals surface area (Å²) in [7, 11) is 0. The molecule has 0 spiro atoms. The maximum atomic E-state index is 13.7. The van der Waals surface area contributed by atoms with Gasteiger partial charge in [-0.25, -0.2) is 4.98 Å². The van der Waals surface area contributed by atoms with Crippen LogP contribution in [-0.4, -0.2) is 46.0 Å². The van der Waals surface area contributed by atoms with Crippen molar-refractivity contribution in [1.82, 2.24) is 20.4 Å². The summed E-state index contributed by atoms with van der Waals surface area (Å²) in [6.45, 7) is 6.97. The third kappa shape index (κ3) is 4.19. The number of rotatable bonds is 6. The maximum absolute atomic E-state index is 13.7. The highest BCUT2D eigenvalue weighted by molar-refractivity contribution is 6.07. The second-order valence-electron chi connectivity index (χ2n) is 8.21. The molecule has 4 rings (SSSR count). The summed E-state index contributed by atoms with van der Waals surface area (Å²) < 4.78 is 10.8. The molecule has 1 fully saturated rings. The number of aryl methyl sites for hydroxylation is 1. The fourth-order valence-corrected chi connectivity index (χ4v) is 4.11. The van der Waals surface area contributed by atoms with E-state index in [4.69, 9.17) is 8.94 Å². The molecule has 4 heterocycles. The standard InChI is InChI=1S/C23H28N4O4/c1-4-5-10-24-21(28)16-9-8-14(2)27(13-16)23(29)17-12-18(19-7-6-11-30-19)25-22-20(17)15(3)26-31-22/h6-7,11-12,14,16H,4-5,8-10,13H2,1-3H3,(H,24,28). The van der Waals surface area contributed by atoms with Crippen LogP contribution in [0.2, 0.25) is 0 Å². The topological polar surface area (TPSA) is 101 Å². The van der Waals surface area contributed by atoms with Gasteiger partial charge in [0.25, 0.3) is 11.6 Å². The van der Waals surface area contributed by atoms with Crippen LogP contribution in [0.15, 0.2) is 33.4 Å². The Labute approximate surface area is 181 Å². The van der Waals surface area contributed by atoms with Gasteiger partial charge in [0.15, 0.2) is 5.76 Å². The Kier molecular flexibility index (Phi) is 6.06. The molecule has 31 heavy (non-hydrogen) atoms. The summed E-state index contributed by atoms with van der Waals surface area (Å²) in [5.74, 6) is 0.216. The second kappa shape index (κ2) is 8.91. The van der Waals surface area contributed by atoms with Gasteiger partial charge in [-0.2, -0.15) is 0 Å². The van der Waals surface area contributed by atoms with E-state index in [9.17, 15) is 9.59 Å². The Hall–Kier alpha value is -3.16. The summed E-state index contributed by atoms with van der Waals surface area (Å²) in [4.78, 5) is 32.6. The number of aromatic nitrogens is 2. The third-order valence-electron chi connectivity index (χ3n) is 5.96. The predicted octanol–water partition coefficient (Wildman–Crippen LogP) is 3.95. The van der Waals surface area contributed by atoms with E-state index in [2.05, 4.69) is 22.4 Å². The van der Waals surface area contributed by atoms with E-state index in [0.717, 1.165) is 25.7 Å². The number of carbonyl (C=O) groups is 2. The van der Waals surface area contributed by atoms with Crippen molar-refractivity contribution in [3.8, 4) is 11.5 Å². The first kappa shape index (κ1) is 21.1. The molecule has 0 radical (unpaired) electrons. The lowest BCUT2D eigenvalue weighted by atomic mass is 9.91. The summed E-state index contributed by atoms with van der Waals surface area (Å²) >= 11 is 0. The van der Waals surface area contributed by atoms with Crippen LogP contribution in [-0.2, 0) is 4.79 Å². The van der Waals surface area contributed by atoms with Gasteiger partial charge in [-0.3, -0.25) is 9.59 Å². The van der Waals surface area contributed by atoms with E-state index in [0.29, 0.717) is 46.9 Å². The van der Waals surface area contributed by atoms with Gasteiger partial charge in [0, 0.05) is 19.1 Å². The summed E-state index contributed by atoms with van der Waals surface area (Å²) in [5.41, 5.74) is 1.88. The van der Waals surface area contributed by atoms with Crippen molar-refractivity contribution < 1.29 is 18.5 Å². The zero-order valence-corrected chi connectivity index (χ0v) is 18.2. The van der Waals surface area contributed by atoms with Crippen molar-refractivity contribution in [2.24, 2.45) is 5.92 Å². The van der Waals surface area contributed by atoms with Crippen LogP contribution in [0.25, 0.3) is 22.6 Å². The smallest absolute Gasteiger partial charge is 0.259 e. The highest BCUT2D eigenvalue weighted by Gasteiger charge is 2.34. The summed E-state index contributed by atoms with van der Waals surface area (Å²) in [5, 5.41) is 7.61. The minimum atomic E-state index is -0.206. The highest BCUT2D eigenvalue weighted by atomic mass is 16.5. The van der Waals surface area contributed by atoms with Gasteiger partial charge in [-0.05, 0) is 51.3 Å². The van der Waals surface area contributed by atoms with Crippen molar-refractivity contribution in [2.45, 2.75) is 52.5 Å². The molecular weight excluding hydrogens is 396 g/mol. The molecule has 1 N–H and O–H groups in total. The first-order valence-corrected chi connectivity index (χ1v) is 10.9. The van der Waals surface area contributed by atoms with E-state index in [1.807, 2.05) is 6.92 Å². The molecule has 0 aliphatic carbocycles. The van der Waals surface area contributed by atoms with Crippen LogP contribution in [0.4, 0.5) is 0 Å². The van der Waals surface area contributed by atoms with Crippen LogP contribution in [0.3, 0.4) is 0 Å². The number of likely N-dealkylation sites (tertiary alicyclic amines) is 1. The maximum Gasteiger partial charge on any atom is 0.259 e. The highest BCUT2D eigenvalue weighted by Crippen LogP contribution is 2.31. The Morgan fingerprint density at radius 2 is 2.16 bits per heavy atom. The number of pyridine rings is 1. The normalized spacial score (nSPS) is 19.0. The Morgan fingerprint density at radius 3 is 2.90 bits per heavy atom. The number of piperidine rings is 1. The van der Waals surface area contributed by atoms with E-state index in [1.54, 1.807) is 36.3 Å². The number of carbonyl (C=O) groups excluding carboxylic acids is 2. The van der Waals surface area contributed by atoms with Crippen LogP contribution in [0.5, 0.6) is 0 Å². The lowest BCUT2D eigenvalue weighted by Crippen LogP contribution is -2.49. The average molecular weight is 425 g/mol. The number of fused-ring (bicyclic) bond motifs is 1. The number of amides is 2. The number of furan rings is 1. The minimum Gasteiger partial charge on any atom is -0.463 e. The molecule has 2 unspecified atom stereocenters. The molecular formula is C23H28N4O4. The largest absolute Gasteiger partial charge is 0.463 e. The summed E-state index contributed by atoms with van der Waals surface area (Å²) in [6.07, 6.45) is 5.09. The van der Waals surface area contributed by atoms with Crippen LogP contribution in [0, 0.1) is 12.8 Å². The molecule has 1 saturated heterocycles. The fraction of sp³-hybridized carbons (Fsp3) is 0.478. The molecule has 3 aromatic heterocycles. The number of unbranched alkanes of at least 4 members (excludes halogenated alkanes) is 1. The van der Waals surface area contributed by atoms with Crippen molar-refractivity contribution in [3.63, 3.8) is 0 Å². The zero-order chi connectivity index (χ0) is 22.0. The van der Waals surface area contributed by atoms with Gasteiger partial charge < -0.3 is 19.2 Å². The molecule has 2 atom stereocenters. The third-order valence-corrected chi connectivity index (χ3v) is 5.96. The first-order valence-electron chi connectivity index (χ1n) is 10.9. The van der Waals surface area contributed by atoms with Gasteiger partial charge in [0.1, 0.15) is 5.69 Å². The average Bonchev–Trinajstić information content (AvgIpc) is 3.43. The van der Waals surface area contributed by atoms with Gasteiger partial charge in [0.05, 0.1) is 28.8 Å². The molecule has 8 nitrogen and oxygen atoms in total. The Morgan fingerprint density at radius 1 is 1.32 bits per heavy atom. The van der Waals surface area contributed by atoms with Gasteiger partial charge >= 0.3 is 0 Å². The SMILES string of the molecule is CCCCNC(=O)C1CCC(C)N(C(=O)c2cc(-c3ccco3)nc3onc(C)c23)C1. The number of hydrogen-bond acceptors (Lipinski definition) is 6.